The first-order valence-corrected chi connectivity index (χ1v) is 13.7. The van der Waals surface area contributed by atoms with Crippen molar-refractivity contribution < 1.29 is 18.0 Å². The normalized spacial score (nSPS) is 18.1. The van der Waals surface area contributed by atoms with Gasteiger partial charge in [0.2, 0.25) is 5.91 Å². The Hall–Kier alpha value is -3.33. The van der Waals surface area contributed by atoms with Crippen LogP contribution in [0.3, 0.4) is 0 Å². The molecule has 2 fully saturated rings. The van der Waals surface area contributed by atoms with Crippen molar-refractivity contribution in [2.24, 2.45) is 5.92 Å². The van der Waals surface area contributed by atoms with Crippen LogP contribution in [0.1, 0.15) is 49.1 Å². The van der Waals surface area contributed by atoms with Gasteiger partial charge < -0.3 is 20.0 Å². The average molecular weight is 540 g/mol. The molecule has 2 aliphatic heterocycles. The van der Waals surface area contributed by atoms with E-state index in [4.69, 9.17) is 0 Å². The van der Waals surface area contributed by atoms with Crippen molar-refractivity contribution in [3.05, 3.63) is 65.1 Å². The Morgan fingerprint density at radius 2 is 1.69 bits per heavy atom. The molecule has 2 saturated heterocycles. The molecule has 5 rings (SSSR count). The summed E-state index contributed by atoms with van der Waals surface area (Å²) in [6.07, 6.45) is -1.02. The van der Waals surface area contributed by atoms with Crippen LogP contribution in [0.4, 0.5) is 24.5 Å². The lowest BCUT2D eigenvalue weighted by Gasteiger charge is -2.39. The zero-order valence-electron chi connectivity index (χ0n) is 22.8. The van der Waals surface area contributed by atoms with E-state index < -0.39 is 23.8 Å². The van der Waals surface area contributed by atoms with Gasteiger partial charge in [-0.15, -0.1) is 0 Å². The first kappa shape index (κ1) is 27.2. The van der Waals surface area contributed by atoms with Gasteiger partial charge in [0.1, 0.15) is 5.82 Å². The minimum atomic E-state index is -2.87. The molecule has 0 saturated carbocycles. The van der Waals surface area contributed by atoms with E-state index in [9.17, 15) is 18.0 Å². The molecular weight excluding hydrogens is 503 g/mol. The van der Waals surface area contributed by atoms with E-state index in [1.54, 1.807) is 6.92 Å². The second-order valence-electron chi connectivity index (χ2n) is 10.8. The number of carbonyl (C=O) groups is 1. The Morgan fingerprint density at radius 1 is 1.00 bits per heavy atom. The first-order chi connectivity index (χ1) is 18.7. The highest BCUT2D eigenvalue weighted by atomic mass is 19.3. The topological polar surface area (TPSA) is 51.7 Å². The molecule has 1 amide bonds. The molecule has 1 aromatic heterocycles. The zero-order valence-corrected chi connectivity index (χ0v) is 22.8. The molecule has 0 unspecified atom stereocenters. The van der Waals surface area contributed by atoms with Crippen LogP contribution in [-0.2, 0) is 4.79 Å². The van der Waals surface area contributed by atoms with Gasteiger partial charge >= 0.3 is 0 Å². The Balaban J connectivity index is 1.33. The quantitative estimate of drug-likeness (QED) is 0.430. The predicted molar refractivity (Wildman–Crippen MR) is 149 cm³/mol. The van der Waals surface area contributed by atoms with E-state index in [0.717, 1.165) is 73.1 Å². The van der Waals surface area contributed by atoms with Crippen molar-refractivity contribution in [1.29, 1.82) is 0 Å². The Kier molecular flexibility index (Phi) is 7.98. The molecule has 3 aromatic rings. The molecule has 39 heavy (non-hydrogen) atoms. The lowest BCUT2D eigenvalue weighted by molar-refractivity contribution is -0.137. The molecule has 1 N–H and O–H groups in total. The van der Waals surface area contributed by atoms with Gasteiger partial charge in [0.25, 0.3) is 6.43 Å². The van der Waals surface area contributed by atoms with E-state index >= 15 is 0 Å². The van der Waals surface area contributed by atoms with Crippen LogP contribution in [0.25, 0.3) is 10.9 Å². The van der Waals surface area contributed by atoms with Crippen molar-refractivity contribution in [3.63, 3.8) is 0 Å². The van der Waals surface area contributed by atoms with Crippen molar-refractivity contribution in [2.45, 2.75) is 39.2 Å². The van der Waals surface area contributed by atoms with Crippen LogP contribution in [0.15, 0.2) is 42.5 Å². The molecule has 0 radical (unpaired) electrons. The van der Waals surface area contributed by atoms with Crippen molar-refractivity contribution in [3.8, 4) is 0 Å². The number of halogens is 3. The molecule has 2 aromatic carbocycles. The number of piperidine rings is 1. The first-order valence-electron chi connectivity index (χ1n) is 13.7. The third kappa shape index (κ3) is 5.83. The molecule has 0 aliphatic carbocycles. The maximum Gasteiger partial charge on any atom is 0.266 e. The minimum Gasteiger partial charge on any atom is -0.378 e. The van der Waals surface area contributed by atoms with E-state index in [-0.39, 0.29) is 17.4 Å². The molecular formula is C30H36F3N5O. The molecule has 6 nitrogen and oxygen atoms in total. The number of amides is 1. The summed E-state index contributed by atoms with van der Waals surface area (Å²) < 4.78 is 41.4. The van der Waals surface area contributed by atoms with Crippen molar-refractivity contribution in [1.82, 2.24) is 14.8 Å². The van der Waals surface area contributed by atoms with Gasteiger partial charge in [0, 0.05) is 60.1 Å². The number of aryl methyl sites for hydroxylation is 1. The number of alkyl halides is 2. The molecule has 0 spiro atoms. The SMILES string of the molecule is Cc1cc(N[C@H](C)c2cccc(C(F)F)c2F)c2cc(N3CCN(C(=O)C4CCN(C)CC4)CC3)ccc2n1. The average Bonchev–Trinajstić information content (AvgIpc) is 2.93. The number of carbonyl (C=O) groups excluding carboxylic acids is 1. The van der Waals surface area contributed by atoms with Crippen LogP contribution in [0, 0.1) is 18.7 Å². The largest absolute Gasteiger partial charge is 0.378 e. The Bertz CT molecular complexity index is 1330. The summed E-state index contributed by atoms with van der Waals surface area (Å²) in [6, 6.07) is 11.6. The predicted octanol–water partition coefficient (Wildman–Crippen LogP) is 5.78. The number of nitrogens with one attached hydrogen (secondary N) is 1. The minimum absolute atomic E-state index is 0.129. The maximum atomic E-state index is 14.8. The number of benzene rings is 2. The van der Waals surface area contributed by atoms with Gasteiger partial charge in [0.15, 0.2) is 0 Å². The number of anilines is 2. The summed E-state index contributed by atoms with van der Waals surface area (Å²) in [5, 5.41) is 4.22. The number of pyridine rings is 1. The number of likely N-dealkylation sites (tertiary alicyclic amines) is 1. The van der Waals surface area contributed by atoms with Gasteiger partial charge in [-0.25, -0.2) is 13.2 Å². The van der Waals surface area contributed by atoms with Crippen LogP contribution >= 0.6 is 0 Å². The van der Waals surface area contributed by atoms with E-state index in [0.29, 0.717) is 13.1 Å². The van der Waals surface area contributed by atoms with Crippen molar-refractivity contribution >= 4 is 28.2 Å². The highest BCUT2D eigenvalue weighted by molar-refractivity contribution is 5.94. The molecule has 9 heteroatoms. The van der Waals surface area contributed by atoms with E-state index in [1.807, 2.05) is 30.0 Å². The van der Waals surface area contributed by atoms with Crippen LogP contribution in [0.5, 0.6) is 0 Å². The van der Waals surface area contributed by atoms with Gasteiger partial charge in [-0.1, -0.05) is 18.2 Å². The summed E-state index contributed by atoms with van der Waals surface area (Å²) in [4.78, 5) is 24.3. The lowest BCUT2D eigenvalue weighted by Crippen LogP contribution is -2.51. The van der Waals surface area contributed by atoms with Crippen LogP contribution < -0.4 is 10.2 Å². The van der Waals surface area contributed by atoms with E-state index in [1.165, 1.54) is 12.1 Å². The number of hydrogen-bond acceptors (Lipinski definition) is 5. The fourth-order valence-electron chi connectivity index (χ4n) is 5.74. The highest BCUT2D eigenvalue weighted by Gasteiger charge is 2.30. The Labute approximate surface area is 227 Å². The third-order valence-electron chi connectivity index (χ3n) is 8.08. The zero-order chi connectivity index (χ0) is 27.7. The highest BCUT2D eigenvalue weighted by Crippen LogP contribution is 2.33. The molecule has 1 atom stereocenters. The molecule has 208 valence electrons. The Morgan fingerprint density at radius 3 is 2.38 bits per heavy atom. The number of rotatable bonds is 6. The van der Waals surface area contributed by atoms with Crippen LogP contribution in [0.2, 0.25) is 0 Å². The van der Waals surface area contributed by atoms with Gasteiger partial charge in [0.05, 0.1) is 17.1 Å². The monoisotopic (exact) mass is 539 g/mol. The summed E-state index contributed by atoms with van der Waals surface area (Å²) in [5.41, 5.74) is 3.00. The van der Waals surface area contributed by atoms with Crippen molar-refractivity contribution in [2.75, 3.05) is 56.5 Å². The fraction of sp³-hybridized carbons (Fsp3) is 0.467. The van der Waals surface area contributed by atoms with Gasteiger partial charge in [-0.05, 0) is 71.1 Å². The summed E-state index contributed by atoms with van der Waals surface area (Å²) in [5.74, 6) is -0.468. The van der Waals surface area contributed by atoms with E-state index in [2.05, 4.69) is 33.2 Å². The molecule has 3 heterocycles. The fourth-order valence-corrected chi connectivity index (χ4v) is 5.74. The maximum absolute atomic E-state index is 14.8. The smallest absolute Gasteiger partial charge is 0.266 e. The van der Waals surface area contributed by atoms with Gasteiger partial charge in [-0.2, -0.15) is 0 Å². The summed E-state index contributed by atoms with van der Waals surface area (Å²) >= 11 is 0. The number of piperazine rings is 1. The second kappa shape index (κ2) is 11.4. The second-order valence-corrected chi connectivity index (χ2v) is 10.8. The summed E-state index contributed by atoms with van der Waals surface area (Å²) in [6.45, 7) is 8.47. The molecule has 2 aliphatic rings. The summed E-state index contributed by atoms with van der Waals surface area (Å²) in [7, 11) is 2.10. The standard InChI is InChI=1S/C30H36F3N5O/c1-19-17-27(35-20(2)23-5-4-6-24(28(23)31)29(32)33)25-18-22(7-8-26(25)34-19)37-13-15-38(16-14-37)30(39)21-9-11-36(3)12-10-21/h4-8,17-18,20-21,29H,9-16H2,1-3H3,(H,34,35)/t20-/m1/s1. The number of hydrogen-bond donors (Lipinski definition) is 1. The third-order valence-corrected chi connectivity index (χ3v) is 8.08. The number of aromatic nitrogens is 1. The van der Waals surface area contributed by atoms with Gasteiger partial charge in [-0.3, -0.25) is 9.78 Å². The number of fused-ring (bicyclic) bond motifs is 1. The molecule has 0 bridgehead atoms. The van der Waals surface area contributed by atoms with Crippen LogP contribution in [-0.4, -0.2) is 67.0 Å². The number of nitrogens with zero attached hydrogens (tertiary/aromatic N) is 4. The lowest BCUT2D eigenvalue weighted by atomic mass is 9.95.